The standard InChI is InChI=1S/C11H12F8N2O6S2/c1-2-3-4-20-7(22)6(28(24,25)11(17,18)19)8(23)21(29(20,26)27)5-9(12,13)10(14,15)16/h6H,2-5H2,1H3. The van der Waals surface area contributed by atoms with Crippen molar-refractivity contribution < 1.29 is 61.5 Å². The zero-order valence-corrected chi connectivity index (χ0v) is 15.7. The molecule has 1 aliphatic rings. The largest absolute Gasteiger partial charge is 0.498 e. The van der Waals surface area contributed by atoms with E-state index in [9.17, 15) is 61.5 Å². The minimum atomic E-state index is -6.80. The minimum absolute atomic E-state index is 0.0582. The molecule has 170 valence electrons. The van der Waals surface area contributed by atoms with Gasteiger partial charge in [0, 0.05) is 6.54 Å². The molecule has 1 saturated heterocycles. The Morgan fingerprint density at radius 3 is 1.76 bits per heavy atom. The highest BCUT2D eigenvalue weighted by Gasteiger charge is 2.66. The summed E-state index contributed by atoms with van der Waals surface area (Å²) in [6, 6.07) is 0. The Labute approximate surface area is 158 Å². The van der Waals surface area contributed by atoms with Crippen molar-refractivity contribution in [2.45, 2.75) is 42.6 Å². The van der Waals surface area contributed by atoms with Gasteiger partial charge in [0.25, 0.3) is 21.7 Å². The molecule has 0 aromatic heterocycles. The Morgan fingerprint density at radius 1 is 0.931 bits per heavy atom. The smallest absolute Gasteiger partial charge is 0.272 e. The van der Waals surface area contributed by atoms with Crippen molar-refractivity contribution in [2.75, 3.05) is 13.1 Å². The van der Waals surface area contributed by atoms with Crippen LogP contribution >= 0.6 is 0 Å². The predicted molar refractivity (Wildman–Crippen MR) is 77.0 cm³/mol. The van der Waals surface area contributed by atoms with Crippen LogP contribution in [0.15, 0.2) is 0 Å². The highest BCUT2D eigenvalue weighted by atomic mass is 32.2. The van der Waals surface area contributed by atoms with E-state index in [4.69, 9.17) is 0 Å². The summed E-state index contributed by atoms with van der Waals surface area (Å²) in [7, 11) is -12.6. The van der Waals surface area contributed by atoms with Gasteiger partial charge in [0.1, 0.15) is 6.54 Å². The molecular weight excluding hydrogens is 472 g/mol. The van der Waals surface area contributed by atoms with Crippen LogP contribution in [-0.4, -0.2) is 73.2 Å². The van der Waals surface area contributed by atoms with E-state index in [1.54, 1.807) is 0 Å². The van der Waals surface area contributed by atoms with Crippen molar-refractivity contribution in [2.24, 2.45) is 0 Å². The van der Waals surface area contributed by atoms with Crippen LogP contribution in [0.25, 0.3) is 0 Å². The summed E-state index contributed by atoms with van der Waals surface area (Å²) in [6.45, 7) is -2.72. The van der Waals surface area contributed by atoms with E-state index in [0.717, 1.165) is 0 Å². The molecule has 0 radical (unpaired) electrons. The van der Waals surface area contributed by atoms with E-state index in [1.807, 2.05) is 0 Å². The highest BCUT2D eigenvalue weighted by molar-refractivity contribution is 7.95. The second-order valence-corrected chi connectivity index (χ2v) is 9.49. The average molecular weight is 484 g/mol. The van der Waals surface area contributed by atoms with Gasteiger partial charge >= 0.3 is 27.8 Å². The minimum Gasteiger partial charge on any atom is -0.272 e. The molecule has 2 amide bonds. The van der Waals surface area contributed by atoms with Crippen molar-refractivity contribution in [3.8, 4) is 0 Å². The summed E-state index contributed by atoms with van der Waals surface area (Å²) in [5.74, 6) is -11.3. The molecule has 0 N–H and O–H groups in total. The maximum absolute atomic E-state index is 13.3. The molecule has 0 saturated carbocycles. The number of sulfone groups is 1. The number of carbonyl (C=O) groups excluding carboxylic acids is 2. The van der Waals surface area contributed by atoms with Crippen LogP contribution in [0.5, 0.6) is 0 Å². The molecule has 0 spiro atoms. The molecule has 18 heteroatoms. The van der Waals surface area contributed by atoms with Gasteiger partial charge in [-0.1, -0.05) is 13.3 Å². The number of alkyl halides is 8. The molecule has 1 fully saturated rings. The van der Waals surface area contributed by atoms with Crippen LogP contribution in [0.1, 0.15) is 19.8 Å². The number of carbonyl (C=O) groups is 2. The monoisotopic (exact) mass is 484 g/mol. The van der Waals surface area contributed by atoms with Crippen LogP contribution in [0.3, 0.4) is 0 Å². The van der Waals surface area contributed by atoms with E-state index in [0.29, 0.717) is 0 Å². The van der Waals surface area contributed by atoms with Crippen LogP contribution in [0.2, 0.25) is 0 Å². The first-order chi connectivity index (χ1) is 12.7. The molecule has 29 heavy (non-hydrogen) atoms. The van der Waals surface area contributed by atoms with Crippen LogP contribution < -0.4 is 0 Å². The number of halogens is 8. The van der Waals surface area contributed by atoms with E-state index in [-0.39, 0.29) is 12.8 Å². The maximum atomic E-state index is 13.3. The zero-order chi connectivity index (χ0) is 23.2. The first-order valence-corrected chi connectivity index (χ1v) is 10.3. The molecular formula is C11H12F8N2O6S2. The van der Waals surface area contributed by atoms with Crippen molar-refractivity contribution in [1.82, 2.24) is 8.61 Å². The summed E-state index contributed by atoms with van der Waals surface area (Å²) >= 11 is 0. The van der Waals surface area contributed by atoms with E-state index >= 15 is 0 Å². The van der Waals surface area contributed by atoms with E-state index in [2.05, 4.69) is 0 Å². The molecule has 0 aliphatic carbocycles. The van der Waals surface area contributed by atoms with Crippen LogP contribution in [0, 0.1) is 0 Å². The lowest BCUT2D eigenvalue weighted by atomic mass is 10.3. The topological polar surface area (TPSA) is 109 Å². The van der Waals surface area contributed by atoms with Gasteiger partial charge in [-0.25, -0.2) is 17.0 Å². The predicted octanol–water partition coefficient (Wildman–Crippen LogP) is 1.20. The fourth-order valence-corrected chi connectivity index (χ4v) is 4.84. The summed E-state index contributed by atoms with van der Waals surface area (Å²) in [4.78, 5) is 24.1. The lowest BCUT2D eigenvalue weighted by Crippen LogP contribution is -2.67. The van der Waals surface area contributed by atoms with Gasteiger partial charge in [-0.05, 0) is 6.42 Å². The van der Waals surface area contributed by atoms with Crippen LogP contribution in [0.4, 0.5) is 35.1 Å². The van der Waals surface area contributed by atoms with Crippen molar-refractivity contribution in [3.63, 3.8) is 0 Å². The Balaban J connectivity index is 3.66. The Kier molecular flexibility index (Phi) is 6.56. The lowest BCUT2D eigenvalue weighted by molar-refractivity contribution is -0.282. The first-order valence-electron chi connectivity index (χ1n) is 7.36. The van der Waals surface area contributed by atoms with Crippen LogP contribution in [-0.2, 0) is 29.6 Å². The first kappa shape index (κ1) is 25.3. The van der Waals surface area contributed by atoms with Gasteiger partial charge in [0.05, 0.1) is 0 Å². The highest BCUT2D eigenvalue weighted by Crippen LogP contribution is 2.39. The third kappa shape index (κ3) is 4.41. The normalized spacial score (nSPS) is 21.6. The summed E-state index contributed by atoms with van der Waals surface area (Å²) < 4.78 is 148. The summed E-state index contributed by atoms with van der Waals surface area (Å²) in [5.41, 5.74) is -6.31. The summed E-state index contributed by atoms with van der Waals surface area (Å²) in [5, 5.41) is -3.88. The van der Waals surface area contributed by atoms with Gasteiger partial charge in [-0.2, -0.15) is 43.5 Å². The number of hydrogen-bond acceptors (Lipinski definition) is 6. The fraction of sp³-hybridized carbons (Fsp3) is 0.818. The third-order valence-corrected chi connectivity index (χ3v) is 7.06. The SMILES string of the molecule is CCCCN1C(=O)C(S(=O)(=O)C(F)(F)F)C(=O)N(CC(F)(F)C(F)(F)F)S1(=O)=O. The van der Waals surface area contributed by atoms with Gasteiger partial charge < -0.3 is 0 Å². The molecule has 0 aromatic rings. The fourth-order valence-electron chi connectivity index (χ4n) is 2.07. The zero-order valence-electron chi connectivity index (χ0n) is 14.1. The number of amides is 2. The maximum Gasteiger partial charge on any atom is 0.498 e. The van der Waals surface area contributed by atoms with Gasteiger partial charge in [0.15, 0.2) is 0 Å². The van der Waals surface area contributed by atoms with Crippen molar-refractivity contribution in [1.29, 1.82) is 0 Å². The van der Waals surface area contributed by atoms with E-state index < -0.39 is 76.4 Å². The molecule has 0 bridgehead atoms. The Morgan fingerprint density at radius 2 is 1.38 bits per heavy atom. The quantitative estimate of drug-likeness (QED) is 0.414. The molecule has 1 heterocycles. The number of nitrogens with zero attached hydrogens (tertiary/aromatic N) is 2. The number of unbranched alkanes of at least 4 members (excludes halogenated alkanes) is 1. The third-order valence-electron chi connectivity index (χ3n) is 3.60. The van der Waals surface area contributed by atoms with Gasteiger partial charge in [-0.15, -0.1) is 0 Å². The second kappa shape index (κ2) is 7.51. The molecule has 1 rings (SSSR count). The average Bonchev–Trinajstić information content (AvgIpc) is 2.49. The number of hydrogen-bond donors (Lipinski definition) is 0. The van der Waals surface area contributed by atoms with Crippen molar-refractivity contribution >= 4 is 31.9 Å². The summed E-state index contributed by atoms with van der Waals surface area (Å²) in [6.07, 6.45) is -6.69. The molecule has 8 nitrogen and oxygen atoms in total. The molecule has 0 aromatic carbocycles. The lowest BCUT2D eigenvalue weighted by Gasteiger charge is -2.39. The molecule has 1 atom stereocenters. The molecule has 1 unspecified atom stereocenters. The second-order valence-electron chi connectivity index (χ2n) is 5.69. The molecule has 1 aliphatic heterocycles. The Hall–Kier alpha value is -1.72. The van der Waals surface area contributed by atoms with E-state index in [1.165, 1.54) is 6.92 Å². The van der Waals surface area contributed by atoms with Gasteiger partial charge in [-0.3, -0.25) is 9.59 Å². The Bertz CT molecular complexity index is 880. The number of rotatable bonds is 6. The van der Waals surface area contributed by atoms with Crippen molar-refractivity contribution in [3.05, 3.63) is 0 Å². The van der Waals surface area contributed by atoms with Gasteiger partial charge in [0.2, 0.25) is 5.25 Å².